The molecule has 0 aromatic carbocycles. The molecule has 8 heavy (non-hydrogen) atoms. The summed E-state index contributed by atoms with van der Waals surface area (Å²) in [6.45, 7) is 2.10. The summed E-state index contributed by atoms with van der Waals surface area (Å²) in [5, 5.41) is 0. The molecule has 0 atom stereocenters. The van der Waals surface area contributed by atoms with Gasteiger partial charge in [-0.1, -0.05) is 0 Å². The summed E-state index contributed by atoms with van der Waals surface area (Å²) in [7, 11) is 1.83. The smallest absolute Gasteiger partial charge is 0.209 e. The Hall–Kier alpha value is -0.530. The van der Waals surface area contributed by atoms with E-state index in [9.17, 15) is 4.79 Å². The number of nitrogens with zero attached hydrogens (tertiary/aromatic N) is 1. The zero-order valence-electron chi connectivity index (χ0n) is 5.35. The topological polar surface area (TPSA) is 20.3 Å². The van der Waals surface area contributed by atoms with Crippen molar-refractivity contribution in [2.24, 2.45) is 0 Å². The predicted octanol–water partition coefficient (Wildman–Crippen LogP) is 0.627. The highest BCUT2D eigenvalue weighted by Gasteiger charge is 2.40. The van der Waals surface area contributed by atoms with Gasteiger partial charge in [0, 0.05) is 12.6 Å². The van der Waals surface area contributed by atoms with Crippen LogP contribution >= 0.6 is 0 Å². The monoisotopic (exact) mass is 113 g/mol. The molecule has 2 nitrogen and oxygen atoms in total. The number of carbonyl (C=O) groups excluding carboxylic acids is 1. The van der Waals surface area contributed by atoms with Crippen LogP contribution in [-0.2, 0) is 4.79 Å². The Morgan fingerprint density at radius 1 is 1.62 bits per heavy atom. The van der Waals surface area contributed by atoms with E-state index < -0.39 is 0 Å². The number of hydrogen-bond donors (Lipinski definition) is 0. The van der Waals surface area contributed by atoms with Gasteiger partial charge >= 0.3 is 0 Å². The summed E-state index contributed by atoms with van der Waals surface area (Å²) in [4.78, 5) is 11.9. The van der Waals surface area contributed by atoms with Crippen LogP contribution in [-0.4, -0.2) is 23.9 Å². The van der Waals surface area contributed by atoms with Crippen LogP contribution in [0.15, 0.2) is 0 Å². The molecule has 1 rings (SSSR count). The van der Waals surface area contributed by atoms with E-state index in [2.05, 4.69) is 6.92 Å². The van der Waals surface area contributed by atoms with Crippen molar-refractivity contribution < 1.29 is 4.79 Å². The van der Waals surface area contributed by atoms with Crippen LogP contribution in [0.5, 0.6) is 0 Å². The molecule has 0 N–H and O–H groups in total. The Bertz CT molecular complexity index is 107. The van der Waals surface area contributed by atoms with Crippen molar-refractivity contribution >= 4 is 6.41 Å². The highest BCUT2D eigenvalue weighted by molar-refractivity contribution is 5.49. The van der Waals surface area contributed by atoms with Gasteiger partial charge in [0.25, 0.3) is 0 Å². The Morgan fingerprint density at radius 3 is 2.25 bits per heavy atom. The minimum absolute atomic E-state index is 0.224. The Balaban J connectivity index is 2.45. The lowest BCUT2D eigenvalue weighted by Gasteiger charge is -2.17. The molecule has 1 aliphatic rings. The van der Waals surface area contributed by atoms with Crippen molar-refractivity contribution in [2.45, 2.75) is 25.3 Å². The molecule has 0 aromatic heterocycles. The Morgan fingerprint density at radius 2 is 2.12 bits per heavy atom. The quantitative estimate of drug-likeness (QED) is 0.481. The van der Waals surface area contributed by atoms with Crippen LogP contribution in [0, 0.1) is 0 Å². The maximum atomic E-state index is 10.1. The molecule has 1 fully saturated rings. The zero-order valence-corrected chi connectivity index (χ0v) is 5.35. The molecular formula is C6H11NO. The van der Waals surface area contributed by atoms with Gasteiger partial charge in [-0.05, 0) is 19.8 Å². The third-order valence-electron chi connectivity index (χ3n) is 1.98. The summed E-state index contributed by atoms with van der Waals surface area (Å²) in [5.74, 6) is 0. The van der Waals surface area contributed by atoms with Crippen LogP contribution < -0.4 is 0 Å². The van der Waals surface area contributed by atoms with E-state index in [4.69, 9.17) is 0 Å². The van der Waals surface area contributed by atoms with E-state index in [1.807, 2.05) is 7.05 Å². The second-order valence-corrected chi connectivity index (χ2v) is 2.71. The average Bonchev–Trinajstić information content (AvgIpc) is 2.47. The lowest BCUT2D eigenvalue weighted by molar-refractivity contribution is -0.119. The van der Waals surface area contributed by atoms with Gasteiger partial charge in [0.05, 0.1) is 0 Å². The lowest BCUT2D eigenvalue weighted by atomic mass is 10.3. The molecule has 1 aliphatic carbocycles. The van der Waals surface area contributed by atoms with Gasteiger partial charge in [-0.3, -0.25) is 4.79 Å². The van der Waals surface area contributed by atoms with Crippen LogP contribution in [0.1, 0.15) is 19.8 Å². The Labute approximate surface area is 49.5 Å². The second-order valence-electron chi connectivity index (χ2n) is 2.71. The SMILES string of the molecule is CN(C=O)C1(C)CC1. The van der Waals surface area contributed by atoms with E-state index >= 15 is 0 Å². The zero-order chi connectivity index (χ0) is 6.20. The van der Waals surface area contributed by atoms with Crippen LogP contribution in [0.3, 0.4) is 0 Å². The summed E-state index contributed by atoms with van der Waals surface area (Å²) in [6.07, 6.45) is 3.23. The average molecular weight is 113 g/mol. The van der Waals surface area contributed by atoms with Gasteiger partial charge < -0.3 is 4.90 Å². The fourth-order valence-electron chi connectivity index (χ4n) is 0.661. The van der Waals surface area contributed by atoms with Gasteiger partial charge in [-0.15, -0.1) is 0 Å². The number of rotatable bonds is 2. The molecule has 0 unspecified atom stereocenters. The standard InChI is InChI=1S/C6H11NO/c1-6(3-4-6)7(2)5-8/h5H,3-4H2,1-2H3. The molecule has 0 spiro atoms. The first kappa shape index (κ1) is 5.60. The van der Waals surface area contributed by atoms with Gasteiger partial charge in [-0.25, -0.2) is 0 Å². The van der Waals surface area contributed by atoms with Gasteiger partial charge in [0.2, 0.25) is 6.41 Å². The van der Waals surface area contributed by atoms with Crippen molar-refractivity contribution in [3.05, 3.63) is 0 Å². The molecule has 0 heterocycles. The minimum atomic E-state index is 0.224. The van der Waals surface area contributed by atoms with Crippen LogP contribution in [0.2, 0.25) is 0 Å². The first-order chi connectivity index (χ1) is 3.69. The molecular weight excluding hydrogens is 102 g/mol. The molecule has 0 aromatic rings. The highest BCUT2D eigenvalue weighted by atomic mass is 16.1. The fourth-order valence-corrected chi connectivity index (χ4v) is 0.661. The second kappa shape index (κ2) is 1.47. The van der Waals surface area contributed by atoms with Gasteiger partial charge in [0.1, 0.15) is 0 Å². The van der Waals surface area contributed by atoms with E-state index in [0.29, 0.717) is 0 Å². The van der Waals surface area contributed by atoms with Crippen LogP contribution in [0.4, 0.5) is 0 Å². The van der Waals surface area contributed by atoms with Crippen LogP contribution in [0.25, 0.3) is 0 Å². The van der Waals surface area contributed by atoms with Crippen molar-refractivity contribution in [3.63, 3.8) is 0 Å². The highest BCUT2D eigenvalue weighted by Crippen LogP contribution is 2.38. The maximum absolute atomic E-state index is 10.1. The number of amides is 1. The summed E-state index contributed by atoms with van der Waals surface area (Å²) >= 11 is 0. The lowest BCUT2D eigenvalue weighted by Crippen LogP contribution is -2.28. The van der Waals surface area contributed by atoms with Crippen molar-refractivity contribution in [2.75, 3.05) is 7.05 Å². The molecule has 0 aliphatic heterocycles. The molecule has 46 valence electrons. The van der Waals surface area contributed by atoms with Gasteiger partial charge in [0.15, 0.2) is 0 Å². The summed E-state index contributed by atoms with van der Waals surface area (Å²) in [5.41, 5.74) is 0.224. The molecule has 0 bridgehead atoms. The summed E-state index contributed by atoms with van der Waals surface area (Å²) in [6, 6.07) is 0. The van der Waals surface area contributed by atoms with E-state index in [1.54, 1.807) is 4.90 Å². The van der Waals surface area contributed by atoms with Gasteiger partial charge in [-0.2, -0.15) is 0 Å². The van der Waals surface area contributed by atoms with E-state index in [1.165, 1.54) is 12.8 Å². The number of hydrogen-bond acceptors (Lipinski definition) is 1. The molecule has 0 radical (unpaired) electrons. The third kappa shape index (κ3) is 0.703. The largest absolute Gasteiger partial charge is 0.343 e. The third-order valence-corrected chi connectivity index (χ3v) is 1.98. The number of carbonyl (C=O) groups is 1. The molecule has 1 amide bonds. The molecule has 0 saturated heterocycles. The molecule has 2 heteroatoms. The predicted molar refractivity (Wildman–Crippen MR) is 31.5 cm³/mol. The molecule has 1 saturated carbocycles. The van der Waals surface area contributed by atoms with Crippen molar-refractivity contribution in [1.29, 1.82) is 0 Å². The minimum Gasteiger partial charge on any atom is -0.343 e. The normalized spacial score (nSPS) is 22.2. The summed E-state index contributed by atoms with van der Waals surface area (Å²) < 4.78 is 0. The first-order valence-corrected chi connectivity index (χ1v) is 2.87. The van der Waals surface area contributed by atoms with E-state index in [0.717, 1.165) is 6.41 Å². The first-order valence-electron chi connectivity index (χ1n) is 2.87. The maximum Gasteiger partial charge on any atom is 0.209 e. The Kier molecular flexibility index (Phi) is 1.03. The fraction of sp³-hybridized carbons (Fsp3) is 0.833. The van der Waals surface area contributed by atoms with E-state index in [-0.39, 0.29) is 5.54 Å². The van der Waals surface area contributed by atoms with Crippen molar-refractivity contribution in [1.82, 2.24) is 4.90 Å². The van der Waals surface area contributed by atoms with Crippen molar-refractivity contribution in [3.8, 4) is 0 Å².